The maximum Gasteiger partial charge on any atom is 0.0991 e. The number of aromatic amines is 1. The van der Waals surface area contributed by atoms with Crippen molar-refractivity contribution in [3.05, 3.63) is 84.4 Å². The molecule has 0 saturated heterocycles. The summed E-state index contributed by atoms with van der Waals surface area (Å²) in [5, 5.41) is 10.3. The van der Waals surface area contributed by atoms with Gasteiger partial charge in [0.15, 0.2) is 0 Å². The first-order valence-electron chi connectivity index (χ1n) is 7.53. The van der Waals surface area contributed by atoms with E-state index in [1.165, 1.54) is 0 Å². The molecule has 1 aromatic heterocycles. The molecular formula is C21H14N2. The fourth-order valence-corrected chi connectivity index (χ4v) is 2.99. The molecule has 0 radical (unpaired) electrons. The molecule has 108 valence electrons. The minimum absolute atomic E-state index is 0.674. The van der Waals surface area contributed by atoms with Crippen molar-refractivity contribution in [2.45, 2.75) is 0 Å². The van der Waals surface area contributed by atoms with Crippen LogP contribution in [0.1, 0.15) is 5.56 Å². The summed E-state index contributed by atoms with van der Waals surface area (Å²) in [6, 6.07) is 28.6. The molecule has 0 aliphatic rings. The average molecular weight is 294 g/mol. The molecule has 4 rings (SSSR count). The van der Waals surface area contributed by atoms with Crippen molar-refractivity contribution in [3.63, 3.8) is 0 Å². The van der Waals surface area contributed by atoms with Crippen molar-refractivity contribution >= 4 is 10.9 Å². The number of fused-ring (bicyclic) bond motifs is 1. The number of nitriles is 1. The molecule has 4 aromatic rings. The first-order chi connectivity index (χ1) is 11.4. The zero-order valence-electron chi connectivity index (χ0n) is 12.5. The summed E-state index contributed by atoms with van der Waals surface area (Å²) < 4.78 is 0. The zero-order valence-corrected chi connectivity index (χ0v) is 12.5. The van der Waals surface area contributed by atoms with E-state index in [1.54, 1.807) is 0 Å². The summed E-state index contributed by atoms with van der Waals surface area (Å²) in [5.74, 6) is 0. The standard InChI is InChI=1S/C21H14N2/c22-14-15-11-12-19-18(13-15)20(16-7-3-1-4-8-16)21(23-19)17-9-5-2-6-10-17/h1-13,23H. The normalized spacial score (nSPS) is 10.6. The summed E-state index contributed by atoms with van der Waals surface area (Å²) in [6.45, 7) is 0. The monoisotopic (exact) mass is 294 g/mol. The van der Waals surface area contributed by atoms with Crippen LogP contribution < -0.4 is 0 Å². The molecule has 1 N–H and O–H groups in total. The maximum absolute atomic E-state index is 9.22. The van der Waals surface area contributed by atoms with E-state index in [2.05, 4.69) is 35.3 Å². The summed E-state index contributed by atoms with van der Waals surface area (Å²) in [7, 11) is 0. The molecule has 0 fully saturated rings. The Labute approximate surface area is 134 Å². The molecule has 0 saturated carbocycles. The fourth-order valence-electron chi connectivity index (χ4n) is 2.99. The number of rotatable bonds is 2. The quantitative estimate of drug-likeness (QED) is 0.530. The second kappa shape index (κ2) is 5.47. The van der Waals surface area contributed by atoms with Gasteiger partial charge in [0.2, 0.25) is 0 Å². The van der Waals surface area contributed by atoms with E-state index in [0.717, 1.165) is 33.3 Å². The molecule has 2 nitrogen and oxygen atoms in total. The lowest BCUT2D eigenvalue weighted by Crippen LogP contribution is -1.82. The van der Waals surface area contributed by atoms with Gasteiger partial charge >= 0.3 is 0 Å². The van der Waals surface area contributed by atoms with Gasteiger partial charge < -0.3 is 4.98 Å². The Hall–Kier alpha value is -3.31. The number of benzene rings is 3. The third kappa shape index (κ3) is 2.29. The van der Waals surface area contributed by atoms with Crippen LogP contribution in [0.5, 0.6) is 0 Å². The Morgan fingerprint density at radius 2 is 1.39 bits per heavy atom. The van der Waals surface area contributed by atoms with E-state index in [0.29, 0.717) is 5.56 Å². The van der Waals surface area contributed by atoms with Crippen LogP contribution in [-0.4, -0.2) is 4.98 Å². The highest BCUT2D eigenvalue weighted by Crippen LogP contribution is 2.38. The number of aromatic nitrogens is 1. The largest absolute Gasteiger partial charge is 0.354 e. The van der Waals surface area contributed by atoms with Gasteiger partial charge in [0.05, 0.1) is 17.3 Å². The van der Waals surface area contributed by atoms with E-state index in [4.69, 9.17) is 0 Å². The summed E-state index contributed by atoms with van der Waals surface area (Å²) in [4.78, 5) is 3.52. The van der Waals surface area contributed by atoms with Gasteiger partial charge in [-0.05, 0) is 29.3 Å². The Balaban J connectivity index is 2.09. The lowest BCUT2D eigenvalue weighted by molar-refractivity contribution is 1.44. The maximum atomic E-state index is 9.22. The molecule has 0 aliphatic carbocycles. The van der Waals surface area contributed by atoms with Crippen LogP contribution in [0.2, 0.25) is 0 Å². The molecule has 3 aromatic carbocycles. The number of hydrogen-bond acceptors (Lipinski definition) is 1. The highest BCUT2D eigenvalue weighted by atomic mass is 14.7. The average Bonchev–Trinajstić information content (AvgIpc) is 3.01. The molecule has 1 heterocycles. The van der Waals surface area contributed by atoms with E-state index in [9.17, 15) is 5.26 Å². The van der Waals surface area contributed by atoms with Crippen molar-refractivity contribution in [2.24, 2.45) is 0 Å². The number of hydrogen-bond donors (Lipinski definition) is 1. The van der Waals surface area contributed by atoms with Gasteiger partial charge in [-0.2, -0.15) is 5.26 Å². The summed E-state index contributed by atoms with van der Waals surface area (Å²) in [6.07, 6.45) is 0. The van der Waals surface area contributed by atoms with Gasteiger partial charge in [-0.3, -0.25) is 0 Å². The number of nitrogens with zero attached hydrogens (tertiary/aromatic N) is 1. The van der Waals surface area contributed by atoms with Crippen molar-refractivity contribution < 1.29 is 0 Å². The lowest BCUT2D eigenvalue weighted by Gasteiger charge is -2.05. The molecule has 0 spiro atoms. The van der Waals surface area contributed by atoms with Crippen LogP contribution in [0.25, 0.3) is 33.3 Å². The van der Waals surface area contributed by atoms with E-state index >= 15 is 0 Å². The first-order valence-corrected chi connectivity index (χ1v) is 7.53. The van der Waals surface area contributed by atoms with Crippen molar-refractivity contribution in [3.8, 4) is 28.5 Å². The molecule has 0 unspecified atom stereocenters. The highest BCUT2D eigenvalue weighted by Gasteiger charge is 2.15. The van der Waals surface area contributed by atoms with Gasteiger partial charge in [-0.15, -0.1) is 0 Å². The third-order valence-corrected chi connectivity index (χ3v) is 4.05. The highest BCUT2D eigenvalue weighted by molar-refractivity contribution is 6.04. The molecule has 23 heavy (non-hydrogen) atoms. The minimum atomic E-state index is 0.674. The first kappa shape index (κ1) is 13.4. The summed E-state index contributed by atoms with van der Waals surface area (Å²) >= 11 is 0. The fraction of sp³-hybridized carbons (Fsp3) is 0. The Morgan fingerprint density at radius 1 is 0.739 bits per heavy atom. The third-order valence-electron chi connectivity index (χ3n) is 4.05. The minimum Gasteiger partial charge on any atom is -0.354 e. The molecule has 2 heteroatoms. The predicted molar refractivity (Wildman–Crippen MR) is 93.9 cm³/mol. The van der Waals surface area contributed by atoms with Crippen molar-refractivity contribution in [2.75, 3.05) is 0 Å². The van der Waals surface area contributed by atoms with Crippen molar-refractivity contribution in [1.82, 2.24) is 4.98 Å². The molecule has 0 amide bonds. The van der Waals surface area contributed by atoms with Gasteiger partial charge in [0, 0.05) is 16.5 Å². The van der Waals surface area contributed by atoms with Crippen LogP contribution in [0.3, 0.4) is 0 Å². The second-order valence-electron chi connectivity index (χ2n) is 5.48. The van der Waals surface area contributed by atoms with Gasteiger partial charge in [0.1, 0.15) is 0 Å². The number of nitrogens with one attached hydrogen (secondary N) is 1. The molecular weight excluding hydrogens is 280 g/mol. The molecule has 0 atom stereocenters. The Bertz CT molecular complexity index is 1010. The van der Waals surface area contributed by atoms with Crippen molar-refractivity contribution in [1.29, 1.82) is 5.26 Å². The lowest BCUT2D eigenvalue weighted by atomic mass is 9.98. The molecule has 0 aliphatic heterocycles. The van der Waals surface area contributed by atoms with E-state index in [1.807, 2.05) is 54.6 Å². The van der Waals surface area contributed by atoms with Gasteiger partial charge in [0.25, 0.3) is 0 Å². The zero-order chi connectivity index (χ0) is 15.6. The van der Waals surface area contributed by atoms with Crippen LogP contribution >= 0.6 is 0 Å². The number of H-pyrrole nitrogens is 1. The van der Waals surface area contributed by atoms with Gasteiger partial charge in [-0.25, -0.2) is 0 Å². The van der Waals surface area contributed by atoms with Gasteiger partial charge in [-0.1, -0.05) is 60.7 Å². The van der Waals surface area contributed by atoms with Crippen LogP contribution in [0, 0.1) is 11.3 Å². The van der Waals surface area contributed by atoms with E-state index < -0.39 is 0 Å². The van der Waals surface area contributed by atoms with Crippen LogP contribution in [-0.2, 0) is 0 Å². The van der Waals surface area contributed by atoms with E-state index in [-0.39, 0.29) is 0 Å². The molecule has 0 bridgehead atoms. The topological polar surface area (TPSA) is 39.6 Å². The smallest absolute Gasteiger partial charge is 0.0991 e. The predicted octanol–water partition coefficient (Wildman–Crippen LogP) is 5.37. The Morgan fingerprint density at radius 3 is 2.04 bits per heavy atom. The second-order valence-corrected chi connectivity index (χ2v) is 5.48. The SMILES string of the molecule is N#Cc1ccc2[nH]c(-c3ccccc3)c(-c3ccccc3)c2c1. The summed E-state index contributed by atoms with van der Waals surface area (Å²) in [5.41, 5.74) is 6.23. The Kier molecular flexibility index (Phi) is 3.18. The van der Waals surface area contributed by atoms with Crippen LogP contribution in [0.15, 0.2) is 78.9 Å². The van der Waals surface area contributed by atoms with Crippen LogP contribution in [0.4, 0.5) is 0 Å².